The van der Waals surface area contributed by atoms with E-state index in [0.29, 0.717) is 42.6 Å². The largest absolute Gasteiger partial charge is 0.490 e. The average molecular weight is 465 g/mol. The predicted octanol–water partition coefficient (Wildman–Crippen LogP) is 3.78. The molecule has 1 heterocycles. The number of hydrogen-bond donors (Lipinski definition) is 2. The molecule has 0 atom stereocenters. The first-order valence-electron chi connectivity index (χ1n) is 10.3. The van der Waals surface area contributed by atoms with Crippen molar-refractivity contribution in [3.63, 3.8) is 0 Å². The van der Waals surface area contributed by atoms with Gasteiger partial charge in [-0.2, -0.15) is 0 Å². The molecular formula is C22H28N2O7S. The van der Waals surface area contributed by atoms with Crippen LogP contribution in [-0.4, -0.2) is 44.2 Å². The summed E-state index contributed by atoms with van der Waals surface area (Å²) in [5.41, 5.74) is 6.10. The molecule has 0 fully saturated rings. The van der Waals surface area contributed by atoms with Gasteiger partial charge in [0.1, 0.15) is 5.00 Å². The lowest BCUT2D eigenvalue weighted by atomic mass is 10.1. The second-order valence-electron chi connectivity index (χ2n) is 6.40. The second kappa shape index (κ2) is 11.4. The summed E-state index contributed by atoms with van der Waals surface area (Å²) in [5.74, 6) is -0.758. The van der Waals surface area contributed by atoms with Crippen LogP contribution in [0.15, 0.2) is 12.1 Å². The Morgan fingerprint density at radius 1 is 0.938 bits per heavy atom. The first-order chi connectivity index (χ1) is 15.3. The van der Waals surface area contributed by atoms with Crippen LogP contribution in [0.2, 0.25) is 0 Å². The van der Waals surface area contributed by atoms with Crippen molar-refractivity contribution in [2.24, 2.45) is 5.73 Å². The monoisotopic (exact) mass is 464 g/mol. The maximum atomic E-state index is 13.1. The minimum atomic E-state index is -0.697. The number of amides is 2. The molecule has 174 valence electrons. The summed E-state index contributed by atoms with van der Waals surface area (Å²) in [7, 11) is 0. The van der Waals surface area contributed by atoms with Crippen molar-refractivity contribution in [2.75, 3.05) is 31.7 Å². The zero-order valence-electron chi connectivity index (χ0n) is 18.8. The molecule has 3 N–H and O–H groups in total. The number of nitrogens with two attached hydrogens (primary N) is 1. The Morgan fingerprint density at radius 3 is 1.97 bits per heavy atom. The summed E-state index contributed by atoms with van der Waals surface area (Å²) in [5, 5.41) is 2.86. The third-order valence-electron chi connectivity index (χ3n) is 4.25. The van der Waals surface area contributed by atoms with Crippen molar-refractivity contribution in [1.82, 2.24) is 0 Å². The molecule has 2 aromatic rings. The van der Waals surface area contributed by atoms with Gasteiger partial charge in [-0.15, -0.1) is 11.3 Å². The van der Waals surface area contributed by atoms with Crippen LogP contribution in [0, 0.1) is 6.92 Å². The van der Waals surface area contributed by atoms with Crippen molar-refractivity contribution >= 4 is 34.1 Å². The Balaban J connectivity index is 2.51. The minimum absolute atomic E-state index is 0.0972. The highest BCUT2D eigenvalue weighted by molar-refractivity contribution is 7.18. The molecule has 1 aromatic heterocycles. The molecule has 0 unspecified atom stereocenters. The Morgan fingerprint density at radius 2 is 1.50 bits per heavy atom. The first-order valence-corrected chi connectivity index (χ1v) is 11.1. The quantitative estimate of drug-likeness (QED) is 0.485. The first kappa shape index (κ1) is 25.0. The van der Waals surface area contributed by atoms with E-state index in [-0.39, 0.29) is 27.6 Å². The Hall–Kier alpha value is -3.27. The molecule has 1 aromatic carbocycles. The van der Waals surface area contributed by atoms with Crippen LogP contribution in [0.5, 0.6) is 17.2 Å². The van der Waals surface area contributed by atoms with Crippen molar-refractivity contribution in [1.29, 1.82) is 0 Å². The number of carbonyl (C=O) groups is 3. The lowest BCUT2D eigenvalue weighted by molar-refractivity contribution is 0.0527. The number of carbonyl (C=O) groups excluding carboxylic acids is 3. The fraction of sp³-hybridized carbons (Fsp3) is 0.409. The summed E-state index contributed by atoms with van der Waals surface area (Å²) in [4.78, 5) is 37.5. The van der Waals surface area contributed by atoms with Gasteiger partial charge >= 0.3 is 5.97 Å². The number of primary amides is 1. The van der Waals surface area contributed by atoms with Gasteiger partial charge in [-0.25, -0.2) is 4.79 Å². The van der Waals surface area contributed by atoms with Gasteiger partial charge in [-0.3, -0.25) is 9.59 Å². The maximum absolute atomic E-state index is 13.1. The van der Waals surface area contributed by atoms with E-state index in [1.807, 2.05) is 20.8 Å². The van der Waals surface area contributed by atoms with Crippen LogP contribution in [0.25, 0.3) is 0 Å². The summed E-state index contributed by atoms with van der Waals surface area (Å²) in [6.07, 6.45) is 0. The zero-order chi connectivity index (χ0) is 23.8. The van der Waals surface area contributed by atoms with Crippen molar-refractivity contribution in [3.8, 4) is 17.2 Å². The van der Waals surface area contributed by atoms with Gasteiger partial charge in [0, 0.05) is 5.56 Å². The number of thiophene rings is 1. The molecule has 0 aliphatic heterocycles. The third-order valence-corrected chi connectivity index (χ3v) is 5.47. The fourth-order valence-corrected chi connectivity index (χ4v) is 4.02. The van der Waals surface area contributed by atoms with Crippen LogP contribution in [-0.2, 0) is 4.74 Å². The van der Waals surface area contributed by atoms with Crippen molar-refractivity contribution < 1.29 is 33.3 Å². The predicted molar refractivity (Wildman–Crippen MR) is 121 cm³/mol. The third kappa shape index (κ3) is 5.50. The normalized spacial score (nSPS) is 10.4. The number of rotatable bonds is 11. The standard InChI is InChI=1S/C22H28N2O7S/c1-6-28-14-10-13(11-15(29-7-2)17(14)30-8-3)20(26)24-21-16(22(27)31-9-4)12(5)18(32-21)19(23)25/h10-11H,6-9H2,1-5H3,(H2,23,25)(H,24,26). The number of nitrogens with one attached hydrogen (secondary N) is 1. The molecule has 10 heteroatoms. The zero-order valence-corrected chi connectivity index (χ0v) is 19.6. The smallest absolute Gasteiger partial charge is 0.341 e. The number of esters is 1. The van der Waals surface area contributed by atoms with Crippen LogP contribution in [0.4, 0.5) is 5.00 Å². The summed E-state index contributed by atoms with van der Waals surface area (Å²) < 4.78 is 22.0. The Kier molecular flexibility index (Phi) is 8.89. The van der Waals surface area contributed by atoms with E-state index in [1.165, 1.54) is 12.1 Å². The molecule has 0 aliphatic rings. The molecule has 0 spiro atoms. The van der Waals surface area contributed by atoms with Gasteiger partial charge in [0.05, 0.1) is 36.9 Å². The van der Waals surface area contributed by atoms with E-state index >= 15 is 0 Å². The molecule has 32 heavy (non-hydrogen) atoms. The molecule has 0 saturated carbocycles. The average Bonchev–Trinajstić information content (AvgIpc) is 3.06. The molecule has 0 aliphatic carbocycles. The number of ether oxygens (including phenoxy) is 4. The summed E-state index contributed by atoms with van der Waals surface area (Å²) >= 11 is 0.917. The topological polar surface area (TPSA) is 126 Å². The van der Waals surface area contributed by atoms with Crippen molar-refractivity contribution in [2.45, 2.75) is 34.6 Å². The van der Waals surface area contributed by atoms with Crippen LogP contribution in [0.1, 0.15) is 63.6 Å². The van der Waals surface area contributed by atoms with E-state index < -0.39 is 17.8 Å². The highest BCUT2D eigenvalue weighted by Gasteiger charge is 2.27. The minimum Gasteiger partial charge on any atom is -0.490 e. The van der Waals surface area contributed by atoms with Crippen LogP contribution < -0.4 is 25.3 Å². The molecule has 0 bridgehead atoms. The number of hydrogen-bond acceptors (Lipinski definition) is 8. The molecule has 2 rings (SSSR count). The lowest BCUT2D eigenvalue weighted by Gasteiger charge is -2.17. The van der Waals surface area contributed by atoms with E-state index in [1.54, 1.807) is 13.8 Å². The van der Waals surface area contributed by atoms with E-state index in [4.69, 9.17) is 24.7 Å². The van der Waals surface area contributed by atoms with Gasteiger partial charge in [0.2, 0.25) is 5.75 Å². The summed E-state index contributed by atoms with van der Waals surface area (Å²) in [6.45, 7) is 9.94. The lowest BCUT2D eigenvalue weighted by Crippen LogP contribution is -2.16. The Labute approximate surface area is 190 Å². The van der Waals surface area contributed by atoms with Crippen molar-refractivity contribution in [3.05, 3.63) is 33.7 Å². The molecule has 0 radical (unpaired) electrons. The van der Waals surface area contributed by atoms with Crippen LogP contribution in [0.3, 0.4) is 0 Å². The van der Waals surface area contributed by atoms with Crippen LogP contribution >= 0.6 is 11.3 Å². The number of benzene rings is 1. The van der Waals surface area contributed by atoms with Gasteiger partial charge in [-0.05, 0) is 52.3 Å². The van der Waals surface area contributed by atoms with Gasteiger partial charge in [0.15, 0.2) is 11.5 Å². The second-order valence-corrected chi connectivity index (χ2v) is 7.42. The molecule has 9 nitrogen and oxygen atoms in total. The fourth-order valence-electron chi connectivity index (χ4n) is 2.98. The molecule has 2 amide bonds. The van der Waals surface area contributed by atoms with E-state index in [9.17, 15) is 14.4 Å². The van der Waals surface area contributed by atoms with E-state index in [0.717, 1.165) is 11.3 Å². The van der Waals surface area contributed by atoms with E-state index in [2.05, 4.69) is 5.32 Å². The van der Waals surface area contributed by atoms with Gasteiger partial charge in [-0.1, -0.05) is 0 Å². The number of anilines is 1. The Bertz CT molecular complexity index is 973. The highest BCUT2D eigenvalue weighted by Crippen LogP contribution is 2.40. The summed E-state index contributed by atoms with van der Waals surface area (Å²) in [6, 6.07) is 3.07. The molecule has 0 saturated heterocycles. The SMILES string of the molecule is CCOC(=O)c1c(NC(=O)c2cc(OCC)c(OCC)c(OCC)c2)sc(C(N)=O)c1C. The highest BCUT2D eigenvalue weighted by atomic mass is 32.1. The van der Waals surface area contributed by atoms with Gasteiger partial charge in [0.25, 0.3) is 11.8 Å². The maximum Gasteiger partial charge on any atom is 0.341 e. The van der Waals surface area contributed by atoms with Gasteiger partial charge < -0.3 is 30.0 Å². The molecular weight excluding hydrogens is 436 g/mol.